The summed E-state index contributed by atoms with van der Waals surface area (Å²) in [5.41, 5.74) is 1.02. The van der Waals surface area contributed by atoms with E-state index in [2.05, 4.69) is 0 Å². The third-order valence-electron chi connectivity index (χ3n) is 1.28. The van der Waals surface area contributed by atoms with Crippen LogP contribution in [-0.4, -0.2) is 17.0 Å². The largest absolute Gasteiger partial charge is 0.481 e. The molecule has 0 heterocycles. The number of carboxylic acids is 1. The molecular formula is C11H14O4. The van der Waals surface area contributed by atoms with Gasteiger partial charge in [0, 0.05) is 13.8 Å². The first-order chi connectivity index (χ1) is 7.02. The fraction of sp³-hybridized carbons (Fsp3) is 0.273. The number of hydrogen-bond acceptors (Lipinski definition) is 3. The van der Waals surface area contributed by atoms with Crippen molar-refractivity contribution in [3.05, 3.63) is 35.9 Å². The minimum Gasteiger partial charge on any atom is -0.481 e. The molecule has 0 spiro atoms. The van der Waals surface area contributed by atoms with Gasteiger partial charge in [-0.05, 0) is 5.56 Å². The number of ether oxygens (including phenoxy) is 1. The van der Waals surface area contributed by atoms with Crippen LogP contribution in [0.4, 0.5) is 0 Å². The first-order valence-electron chi connectivity index (χ1n) is 4.39. The van der Waals surface area contributed by atoms with Crippen LogP contribution in [0, 0.1) is 0 Å². The van der Waals surface area contributed by atoms with Crippen LogP contribution in [0.25, 0.3) is 0 Å². The Morgan fingerprint density at radius 3 is 2.07 bits per heavy atom. The molecule has 1 aromatic rings. The monoisotopic (exact) mass is 210 g/mol. The number of carbonyl (C=O) groups excluding carboxylic acids is 1. The molecule has 4 nitrogen and oxygen atoms in total. The Balaban J connectivity index is 0.000000423. The highest BCUT2D eigenvalue weighted by Crippen LogP contribution is 1.99. The summed E-state index contributed by atoms with van der Waals surface area (Å²) in [5, 5.41) is 7.42. The number of carboxylic acid groups (broad SMARTS) is 1. The molecule has 1 aromatic carbocycles. The summed E-state index contributed by atoms with van der Waals surface area (Å²) in [7, 11) is 0. The Hall–Kier alpha value is -1.84. The van der Waals surface area contributed by atoms with Gasteiger partial charge < -0.3 is 9.84 Å². The van der Waals surface area contributed by atoms with Crippen molar-refractivity contribution in [1.29, 1.82) is 0 Å². The normalized spacial score (nSPS) is 8.40. The lowest BCUT2D eigenvalue weighted by Gasteiger charge is -1.99. The minimum absolute atomic E-state index is 0.242. The molecule has 0 aromatic heterocycles. The lowest BCUT2D eigenvalue weighted by atomic mass is 10.2. The molecule has 0 radical (unpaired) electrons. The summed E-state index contributed by atoms with van der Waals surface area (Å²) in [4.78, 5) is 19.4. The minimum atomic E-state index is -0.833. The number of esters is 1. The molecule has 1 N–H and O–H groups in total. The average molecular weight is 210 g/mol. The molecule has 1 rings (SSSR count). The Labute approximate surface area is 88.5 Å². The summed E-state index contributed by atoms with van der Waals surface area (Å²) in [6, 6.07) is 9.60. The molecule has 15 heavy (non-hydrogen) atoms. The molecule has 0 fully saturated rings. The van der Waals surface area contributed by atoms with Gasteiger partial charge in [-0.1, -0.05) is 30.3 Å². The third kappa shape index (κ3) is 10.1. The number of rotatable bonds is 2. The first-order valence-corrected chi connectivity index (χ1v) is 4.39. The predicted molar refractivity (Wildman–Crippen MR) is 55.2 cm³/mol. The zero-order valence-corrected chi connectivity index (χ0v) is 8.77. The molecule has 0 atom stereocenters. The Morgan fingerprint density at radius 1 is 1.20 bits per heavy atom. The first kappa shape index (κ1) is 13.2. The van der Waals surface area contributed by atoms with Gasteiger partial charge in [-0.25, -0.2) is 0 Å². The van der Waals surface area contributed by atoms with E-state index in [9.17, 15) is 4.79 Å². The van der Waals surface area contributed by atoms with E-state index in [1.54, 1.807) is 0 Å². The maximum Gasteiger partial charge on any atom is 0.302 e. The van der Waals surface area contributed by atoms with Crippen molar-refractivity contribution in [1.82, 2.24) is 0 Å². The van der Waals surface area contributed by atoms with E-state index in [1.165, 1.54) is 6.92 Å². The molecule has 0 bridgehead atoms. The molecular weight excluding hydrogens is 196 g/mol. The van der Waals surface area contributed by atoms with Crippen molar-refractivity contribution in [2.45, 2.75) is 20.5 Å². The Morgan fingerprint density at radius 2 is 1.67 bits per heavy atom. The fourth-order valence-electron chi connectivity index (χ4n) is 0.759. The molecule has 0 amide bonds. The Bertz CT molecular complexity index is 302. The highest BCUT2D eigenvalue weighted by atomic mass is 16.5. The fourth-order valence-corrected chi connectivity index (χ4v) is 0.759. The topological polar surface area (TPSA) is 63.6 Å². The van der Waals surface area contributed by atoms with E-state index >= 15 is 0 Å². The van der Waals surface area contributed by atoms with Crippen LogP contribution >= 0.6 is 0 Å². The van der Waals surface area contributed by atoms with E-state index in [0.29, 0.717) is 6.61 Å². The summed E-state index contributed by atoms with van der Waals surface area (Å²) in [5.74, 6) is -1.08. The third-order valence-corrected chi connectivity index (χ3v) is 1.28. The standard InChI is InChI=1S/C9H10O2.C2H4O2/c1-8(10)11-7-9-5-3-2-4-6-9;1-2(3)4/h2-6H,7H2,1H3;1H3,(H,3,4). The van der Waals surface area contributed by atoms with E-state index in [-0.39, 0.29) is 5.97 Å². The predicted octanol–water partition coefficient (Wildman–Crippen LogP) is 1.84. The van der Waals surface area contributed by atoms with Gasteiger partial charge in [0.1, 0.15) is 6.61 Å². The maximum absolute atomic E-state index is 10.4. The lowest BCUT2D eigenvalue weighted by Crippen LogP contribution is -1.97. The van der Waals surface area contributed by atoms with Gasteiger partial charge in [0.2, 0.25) is 0 Å². The molecule has 4 heteroatoms. The summed E-state index contributed by atoms with van der Waals surface area (Å²) in [6.45, 7) is 2.86. The molecule has 0 aliphatic rings. The highest BCUT2D eigenvalue weighted by Gasteiger charge is 1.93. The van der Waals surface area contributed by atoms with Crippen molar-refractivity contribution >= 4 is 11.9 Å². The Kier molecular flexibility index (Phi) is 6.63. The number of benzene rings is 1. The highest BCUT2D eigenvalue weighted by molar-refractivity contribution is 5.65. The zero-order chi connectivity index (χ0) is 11.7. The number of hydrogen-bond donors (Lipinski definition) is 1. The van der Waals surface area contributed by atoms with Gasteiger partial charge >= 0.3 is 5.97 Å². The van der Waals surface area contributed by atoms with Crippen molar-refractivity contribution < 1.29 is 19.4 Å². The molecule has 82 valence electrons. The van der Waals surface area contributed by atoms with Crippen molar-refractivity contribution in [2.75, 3.05) is 0 Å². The van der Waals surface area contributed by atoms with Gasteiger partial charge in [0.25, 0.3) is 5.97 Å². The maximum atomic E-state index is 10.4. The van der Waals surface area contributed by atoms with Gasteiger partial charge in [-0.15, -0.1) is 0 Å². The molecule has 0 aliphatic carbocycles. The second-order valence-electron chi connectivity index (χ2n) is 2.78. The van der Waals surface area contributed by atoms with Crippen LogP contribution in [0.1, 0.15) is 19.4 Å². The molecule has 0 saturated carbocycles. The number of carbonyl (C=O) groups is 2. The molecule has 0 saturated heterocycles. The van der Waals surface area contributed by atoms with Crippen LogP contribution in [0.15, 0.2) is 30.3 Å². The summed E-state index contributed by atoms with van der Waals surface area (Å²) < 4.78 is 4.79. The van der Waals surface area contributed by atoms with Gasteiger partial charge in [-0.3, -0.25) is 9.59 Å². The van der Waals surface area contributed by atoms with Crippen LogP contribution in [0.2, 0.25) is 0 Å². The summed E-state index contributed by atoms with van der Waals surface area (Å²) >= 11 is 0. The smallest absolute Gasteiger partial charge is 0.302 e. The van der Waals surface area contributed by atoms with Crippen LogP contribution in [0.3, 0.4) is 0 Å². The van der Waals surface area contributed by atoms with E-state index in [1.807, 2.05) is 30.3 Å². The quantitative estimate of drug-likeness (QED) is 0.756. The lowest BCUT2D eigenvalue weighted by molar-refractivity contribution is -0.142. The van der Waals surface area contributed by atoms with Gasteiger partial charge in [-0.2, -0.15) is 0 Å². The zero-order valence-electron chi connectivity index (χ0n) is 8.77. The number of aliphatic carboxylic acids is 1. The van der Waals surface area contributed by atoms with E-state index in [4.69, 9.17) is 14.6 Å². The summed E-state index contributed by atoms with van der Waals surface area (Å²) in [6.07, 6.45) is 0. The second kappa shape index (κ2) is 7.55. The average Bonchev–Trinajstić information content (AvgIpc) is 2.15. The van der Waals surface area contributed by atoms with Crippen LogP contribution in [0.5, 0.6) is 0 Å². The van der Waals surface area contributed by atoms with Gasteiger partial charge in [0.05, 0.1) is 0 Å². The SMILES string of the molecule is CC(=O)O.CC(=O)OCc1ccccc1. The van der Waals surface area contributed by atoms with E-state index in [0.717, 1.165) is 12.5 Å². The van der Waals surface area contributed by atoms with Crippen molar-refractivity contribution in [2.24, 2.45) is 0 Å². The van der Waals surface area contributed by atoms with Gasteiger partial charge in [0.15, 0.2) is 0 Å². The molecule has 0 aliphatic heterocycles. The van der Waals surface area contributed by atoms with Crippen molar-refractivity contribution in [3.8, 4) is 0 Å². The second-order valence-corrected chi connectivity index (χ2v) is 2.78. The van der Waals surface area contributed by atoms with E-state index < -0.39 is 5.97 Å². The van der Waals surface area contributed by atoms with Crippen LogP contribution < -0.4 is 0 Å². The molecule has 0 unspecified atom stereocenters. The van der Waals surface area contributed by atoms with Crippen LogP contribution in [-0.2, 0) is 20.9 Å². The van der Waals surface area contributed by atoms with Crippen molar-refractivity contribution in [3.63, 3.8) is 0 Å².